The van der Waals surface area contributed by atoms with Crippen molar-refractivity contribution in [2.45, 2.75) is 157 Å². The summed E-state index contributed by atoms with van der Waals surface area (Å²) in [5.74, 6) is -11.2. The Morgan fingerprint density at radius 3 is 1.46 bits per heavy atom. The number of nitrogens with two attached hydrogens (primary N) is 4. The Kier molecular flexibility index (Phi) is 31.3. The Morgan fingerprint density at radius 2 is 0.940 bits per heavy atom. The first-order valence-electron chi connectivity index (χ1n) is 29.9. The average Bonchev–Trinajstić information content (AvgIpc) is 3.55. The molecule has 0 saturated heterocycles. The van der Waals surface area contributed by atoms with E-state index in [4.69, 9.17) is 22.9 Å². The lowest BCUT2D eigenvalue weighted by Crippen LogP contribution is -2.51. The second-order valence-corrected chi connectivity index (χ2v) is 23.7. The lowest BCUT2D eigenvalue weighted by molar-refractivity contribution is -0.137. The van der Waals surface area contributed by atoms with E-state index in [0.29, 0.717) is 17.5 Å². The number of carbonyl (C=O) groups excluding carboxylic acids is 10. The van der Waals surface area contributed by atoms with E-state index < -0.39 is 119 Å². The molecule has 0 aliphatic heterocycles. The van der Waals surface area contributed by atoms with Crippen LogP contribution in [-0.2, 0) is 49.6 Å². The third-order valence-electron chi connectivity index (χ3n) is 15.6. The summed E-state index contributed by atoms with van der Waals surface area (Å²) in [6, 6.07) is 21.5. The lowest BCUT2D eigenvalue weighted by atomic mass is 9.85. The Hall–Kier alpha value is -6.80. The van der Waals surface area contributed by atoms with Gasteiger partial charge in [0.05, 0.1) is 36.7 Å². The third kappa shape index (κ3) is 23.7. The van der Waals surface area contributed by atoms with Crippen molar-refractivity contribution in [3.63, 3.8) is 0 Å². The van der Waals surface area contributed by atoms with Crippen LogP contribution in [0.2, 0.25) is 0 Å². The first-order chi connectivity index (χ1) is 39.9. The molecule has 3 aromatic carbocycles. The Labute approximate surface area is 497 Å². The van der Waals surface area contributed by atoms with Gasteiger partial charge < -0.3 is 49.3 Å². The van der Waals surface area contributed by atoms with Gasteiger partial charge in [0.15, 0.2) is 28.9 Å². The molecular weight excluding hydrogens is 1070 g/mol. The molecule has 0 spiro atoms. The van der Waals surface area contributed by atoms with Gasteiger partial charge in [-0.05, 0) is 98.5 Å². The average molecular weight is 1170 g/mol. The molecule has 0 heterocycles. The summed E-state index contributed by atoms with van der Waals surface area (Å²) >= 11 is 0. The zero-order valence-corrected chi connectivity index (χ0v) is 50.7. The van der Waals surface area contributed by atoms with Crippen molar-refractivity contribution in [2.24, 2.45) is 76.2 Å². The smallest absolute Gasteiger partial charge is 0.224 e. The van der Waals surface area contributed by atoms with Crippen LogP contribution < -0.4 is 44.2 Å². The highest BCUT2D eigenvalue weighted by molar-refractivity contribution is 6.01. The number of amides is 5. The Balaban J connectivity index is 1.85. The molecule has 0 saturated carbocycles. The maximum absolute atomic E-state index is 14.7. The molecule has 0 fully saturated rings. The van der Waals surface area contributed by atoms with Gasteiger partial charge in [0.2, 0.25) is 29.5 Å². The summed E-state index contributed by atoms with van der Waals surface area (Å²) in [4.78, 5) is 139. The predicted molar refractivity (Wildman–Crippen MR) is 325 cm³/mol. The van der Waals surface area contributed by atoms with Crippen LogP contribution >= 0.6 is 0 Å². The molecule has 0 aromatic heterocycles. The summed E-state index contributed by atoms with van der Waals surface area (Å²) in [5.41, 5.74) is 26.4. The lowest BCUT2D eigenvalue weighted by Gasteiger charge is -2.28. The molecule has 0 aliphatic rings. The highest BCUT2D eigenvalue weighted by Gasteiger charge is 2.37. The van der Waals surface area contributed by atoms with Gasteiger partial charge in [-0.1, -0.05) is 147 Å². The van der Waals surface area contributed by atoms with Gasteiger partial charge in [0, 0.05) is 61.3 Å². The van der Waals surface area contributed by atoms with Crippen LogP contribution in [0.25, 0.3) is 11.1 Å². The molecule has 5 amide bonds. The van der Waals surface area contributed by atoms with E-state index in [1.807, 2.05) is 84.0 Å². The highest BCUT2D eigenvalue weighted by Crippen LogP contribution is 2.26. The summed E-state index contributed by atoms with van der Waals surface area (Å²) in [6.45, 7) is 14.1. The molecule has 13 N–H and O–H groups in total. The number of carbonyl (C=O) groups is 10. The summed E-state index contributed by atoms with van der Waals surface area (Å²) in [5, 5.41) is 21.1. The molecule has 19 nitrogen and oxygen atoms in total. The van der Waals surface area contributed by atoms with Crippen molar-refractivity contribution < 1.29 is 53.1 Å². The van der Waals surface area contributed by atoms with Crippen molar-refractivity contribution in [2.75, 3.05) is 26.2 Å². The quantitative estimate of drug-likeness (QED) is 0.0324. The molecule has 3 rings (SSSR count). The summed E-state index contributed by atoms with van der Waals surface area (Å²) in [6.07, 6.45) is -0.283. The molecule has 0 unspecified atom stereocenters. The van der Waals surface area contributed by atoms with Gasteiger partial charge in [-0.15, -0.1) is 0 Å². The minimum atomic E-state index is -1.17. The number of aliphatic hydroxyl groups excluding tert-OH is 1. The fourth-order valence-corrected chi connectivity index (χ4v) is 10.3. The van der Waals surface area contributed by atoms with Crippen LogP contribution in [0.5, 0.6) is 0 Å². The van der Waals surface area contributed by atoms with Crippen LogP contribution in [0.1, 0.15) is 142 Å². The van der Waals surface area contributed by atoms with Crippen molar-refractivity contribution in [1.29, 1.82) is 0 Å². The second kappa shape index (κ2) is 36.8. The van der Waals surface area contributed by atoms with Crippen molar-refractivity contribution in [3.05, 3.63) is 96.1 Å². The maximum atomic E-state index is 14.7. The minimum absolute atomic E-state index is 0.0106. The molecule has 462 valence electrons. The molecule has 84 heavy (non-hydrogen) atoms. The van der Waals surface area contributed by atoms with E-state index in [-0.39, 0.29) is 114 Å². The van der Waals surface area contributed by atoms with Crippen molar-refractivity contribution in [1.82, 2.24) is 21.3 Å². The molecule has 0 bridgehead atoms. The second-order valence-electron chi connectivity index (χ2n) is 23.7. The van der Waals surface area contributed by atoms with Crippen LogP contribution in [0.15, 0.2) is 84.9 Å². The molecule has 0 aliphatic carbocycles. The van der Waals surface area contributed by atoms with Crippen LogP contribution in [-0.4, -0.2) is 114 Å². The first-order valence-corrected chi connectivity index (χ1v) is 29.9. The van der Waals surface area contributed by atoms with Gasteiger partial charge in [-0.25, -0.2) is 0 Å². The van der Waals surface area contributed by atoms with E-state index in [0.717, 1.165) is 11.1 Å². The van der Waals surface area contributed by atoms with Crippen LogP contribution in [0, 0.1) is 53.3 Å². The number of primary amides is 1. The number of Topliss-reactive ketones (excluding diaryl/α,β-unsaturated/α-hetero) is 5. The third-order valence-corrected chi connectivity index (χ3v) is 15.6. The number of nitrogens with one attached hydrogen (secondary N) is 4. The SMILES string of the molecule is CC[C@H](C)[C@H](NC(=O)[C@H](CCN)CC(=O)c1ccc(-c2ccccc2)cc1)C(=O)C[C@@H](CCN)C(=O)N[C@H](Cc1ccccc1)C(=O)C[C@@H](CC(C)C)C(=O)N[C@@H](CCN)C(=O)C[C@@H](C(=O)N[C@@H](CC(C)C)C(=O)C[C@@H](CO)C(N)=O)C(C)C. The highest BCUT2D eigenvalue weighted by atomic mass is 16.3. The summed E-state index contributed by atoms with van der Waals surface area (Å²) < 4.78 is 0. The number of rotatable bonds is 41. The van der Waals surface area contributed by atoms with E-state index in [2.05, 4.69) is 21.3 Å². The first kappa shape index (κ1) is 71.5. The van der Waals surface area contributed by atoms with Gasteiger partial charge in [-0.3, -0.25) is 47.9 Å². The van der Waals surface area contributed by atoms with E-state index in [1.54, 1.807) is 56.3 Å². The molecular formula is C65H96N8O11. The van der Waals surface area contributed by atoms with Gasteiger partial charge in [0.25, 0.3) is 0 Å². The van der Waals surface area contributed by atoms with Crippen molar-refractivity contribution in [3.8, 4) is 11.1 Å². The van der Waals surface area contributed by atoms with E-state index in [9.17, 15) is 53.1 Å². The number of hydrogen-bond acceptors (Lipinski definition) is 14. The molecule has 19 heteroatoms. The number of ketones is 5. The molecule has 3 aromatic rings. The van der Waals surface area contributed by atoms with Crippen LogP contribution in [0.4, 0.5) is 0 Å². The largest absolute Gasteiger partial charge is 0.396 e. The standard InChI is InChI=1S/C65H96N8O11/c1-9-42(8)60(73-63(82)47(24-27-66)33-55(75)46-22-20-45(21-23-46)44-18-14-11-15-19-44)59(79)34-48(25-28-67)62(81)71-54(32-43-16-12-10-13-17-43)56(76)35-49(30-39(2)3)64(83)70-52(26-29-68)58(78)37-51(41(6)7)65(84)72-53(31-40(4)5)57(77)36-50(38-74)61(69)80/h10-23,39-42,47-54,60,74H,9,24-38,66-68H2,1-8H3,(H2,69,80)(H,70,83)(H,71,81)(H,72,84)(H,73,82)/t42-,47+,48+,49+,50-,51+,52-,53-,54+,60-/m0/s1. The van der Waals surface area contributed by atoms with E-state index >= 15 is 0 Å². The normalized spacial score (nSPS) is 15.1. The zero-order chi connectivity index (χ0) is 62.6. The Bertz CT molecular complexity index is 2610. The number of benzene rings is 3. The molecule has 0 radical (unpaired) electrons. The maximum Gasteiger partial charge on any atom is 0.224 e. The van der Waals surface area contributed by atoms with E-state index in [1.165, 1.54) is 0 Å². The summed E-state index contributed by atoms with van der Waals surface area (Å²) in [7, 11) is 0. The Morgan fingerprint density at radius 1 is 0.476 bits per heavy atom. The van der Waals surface area contributed by atoms with Crippen LogP contribution in [0.3, 0.4) is 0 Å². The van der Waals surface area contributed by atoms with Gasteiger partial charge in [-0.2, -0.15) is 0 Å². The predicted octanol–water partition coefficient (Wildman–Crippen LogP) is 5.34. The number of hydrogen-bond donors (Lipinski definition) is 9. The van der Waals surface area contributed by atoms with Crippen molar-refractivity contribution >= 4 is 58.5 Å². The molecule has 10 atom stereocenters. The fourth-order valence-electron chi connectivity index (χ4n) is 10.3. The monoisotopic (exact) mass is 1160 g/mol. The minimum Gasteiger partial charge on any atom is -0.396 e. The fraction of sp³-hybridized carbons (Fsp3) is 0.569. The number of aliphatic hydroxyl groups is 1. The van der Waals surface area contributed by atoms with Gasteiger partial charge in [0.1, 0.15) is 0 Å². The topological polar surface area (TPSA) is 343 Å². The zero-order valence-electron chi connectivity index (χ0n) is 50.7. The van der Waals surface area contributed by atoms with Gasteiger partial charge >= 0.3 is 0 Å².